The highest BCUT2D eigenvalue weighted by Gasteiger charge is 2.31. The molecule has 0 aliphatic carbocycles. The fraction of sp³-hybridized carbons (Fsp3) is 0.500. The summed E-state index contributed by atoms with van der Waals surface area (Å²) in [6.45, 7) is 0. The van der Waals surface area contributed by atoms with Crippen molar-refractivity contribution in [1.29, 1.82) is 0 Å². The van der Waals surface area contributed by atoms with Crippen LogP contribution in [0, 0.1) is 0 Å². The molecule has 0 N–H and O–H groups in total. The van der Waals surface area contributed by atoms with Crippen molar-refractivity contribution in [2.75, 3.05) is 11.6 Å². The second kappa shape index (κ2) is 1.77. The van der Waals surface area contributed by atoms with E-state index in [1.54, 1.807) is 6.08 Å². The van der Waals surface area contributed by atoms with Crippen LogP contribution >= 0.6 is 11.8 Å². The lowest BCUT2D eigenvalue weighted by Crippen LogP contribution is -2.27. The maximum absolute atomic E-state index is 10.9. The molecule has 1 saturated heterocycles. The summed E-state index contributed by atoms with van der Waals surface area (Å²) in [5.74, 6) is 2.25. The fourth-order valence-corrected chi connectivity index (χ4v) is 2.29. The van der Waals surface area contributed by atoms with Gasteiger partial charge in [-0.05, 0) is 6.08 Å². The van der Waals surface area contributed by atoms with E-state index in [0.29, 0.717) is 0 Å². The van der Waals surface area contributed by atoms with Crippen LogP contribution in [0.1, 0.15) is 0 Å². The third-order valence-electron chi connectivity index (χ3n) is 1.68. The third-order valence-corrected chi connectivity index (χ3v) is 2.71. The molecule has 2 rings (SSSR count). The van der Waals surface area contributed by atoms with Gasteiger partial charge in [-0.15, -0.1) is 11.8 Å². The number of rotatable bonds is 0. The van der Waals surface area contributed by atoms with E-state index in [1.165, 1.54) is 0 Å². The molecule has 0 radical (unpaired) electrons. The van der Waals surface area contributed by atoms with Gasteiger partial charge in [-0.25, -0.2) is 0 Å². The molecule has 1 fully saturated rings. The summed E-state index contributed by atoms with van der Waals surface area (Å²) in [6, 6.07) is 0.190. The summed E-state index contributed by atoms with van der Waals surface area (Å²) < 4.78 is 0. The van der Waals surface area contributed by atoms with E-state index in [1.807, 2.05) is 18.0 Å². The molecule has 9 heavy (non-hydrogen) atoms. The zero-order valence-corrected chi connectivity index (χ0v) is 5.73. The Morgan fingerprint density at radius 2 is 2.67 bits per heavy atom. The summed E-state index contributed by atoms with van der Waals surface area (Å²) in [5, 5.41) is 0. The Labute approximate surface area is 57.9 Å². The van der Waals surface area contributed by atoms with Gasteiger partial charge in [-0.2, -0.15) is 0 Å². The number of thioether (sulfide) groups is 1. The average molecular weight is 141 g/mol. The van der Waals surface area contributed by atoms with Crippen LogP contribution in [0.5, 0.6) is 0 Å². The van der Waals surface area contributed by atoms with Gasteiger partial charge in [-0.1, -0.05) is 0 Å². The molecule has 0 aromatic carbocycles. The Balaban J connectivity index is 2.24. The van der Waals surface area contributed by atoms with E-state index < -0.39 is 0 Å². The largest absolute Gasteiger partial charge is 0.357 e. The van der Waals surface area contributed by atoms with Gasteiger partial charge in [-0.3, -0.25) is 4.79 Å². The predicted octanol–water partition coefficient (Wildman–Crippen LogP) is 0.458. The van der Waals surface area contributed by atoms with Gasteiger partial charge in [0.1, 0.15) is 6.04 Å². The zero-order valence-electron chi connectivity index (χ0n) is 4.91. The van der Waals surface area contributed by atoms with Crippen LogP contribution in [-0.2, 0) is 4.79 Å². The quantitative estimate of drug-likeness (QED) is 0.488. The van der Waals surface area contributed by atoms with Crippen LogP contribution in [-0.4, -0.2) is 28.4 Å². The summed E-state index contributed by atoms with van der Waals surface area (Å²) in [5.41, 5.74) is 0. The summed E-state index contributed by atoms with van der Waals surface area (Å²) >= 11 is 1.82. The standard InChI is InChI=1S/C6H7NOS/c8-6-1-2-7-4-9-3-5(6)7/h1-2,5H,3-4H2/t5-/m1/s1. The molecular formula is C6H7NOS. The van der Waals surface area contributed by atoms with E-state index in [2.05, 4.69) is 4.90 Å². The lowest BCUT2D eigenvalue weighted by molar-refractivity contribution is -0.116. The second-order valence-corrected chi connectivity index (χ2v) is 3.25. The monoisotopic (exact) mass is 141 g/mol. The van der Waals surface area contributed by atoms with Crippen molar-refractivity contribution in [2.24, 2.45) is 0 Å². The van der Waals surface area contributed by atoms with Crippen LogP contribution in [0.3, 0.4) is 0 Å². The molecule has 48 valence electrons. The maximum atomic E-state index is 10.9. The van der Waals surface area contributed by atoms with Crippen molar-refractivity contribution >= 4 is 17.5 Å². The molecule has 0 unspecified atom stereocenters. The molecule has 0 aromatic rings. The highest BCUT2D eigenvalue weighted by atomic mass is 32.2. The highest BCUT2D eigenvalue weighted by Crippen LogP contribution is 2.25. The summed E-state index contributed by atoms with van der Waals surface area (Å²) in [4.78, 5) is 13.0. The fourth-order valence-electron chi connectivity index (χ4n) is 1.13. The smallest absolute Gasteiger partial charge is 0.180 e. The predicted molar refractivity (Wildman–Crippen MR) is 37.1 cm³/mol. The van der Waals surface area contributed by atoms with Gasteiger partial charge >= 0.3 is 0 Å². The topological polar surface area (TPSA) is 20.3 Å². The molecule has 3 heteroatoms. The van der Waals surface area contributed by atoms with Crippen molar-refractivity contribution in [2.45, 2.75) is 6.04 Å². The number of ketones is 1. The van der Waals surface area contributed by atoms with Crippen molar-refractivity contribution in [3.8, 4) is 0 Å². The van der Waals surface area contributed by atoms with Crippen molar-refractivity contribution in [3.05, 3.63) is 12.3 Å². The van der Waals surface area contributed by atoms with Gasteiger partial charge in [0.05, 0.1) is 5.88 Å². The first-order chi connectivity index (χ1) is 4.38. The molecule has 2 aliphatic heterocycles. The Hall–Kier alpha value is -0.440. The summed E-state index contributed by atoms with van der Waals surface area (Å²) in [6.07, 6.45) is 3.57. The lowest BCUT2D eigenvalue weighted by atomic mass is 10.2. The number of fused-ring (bicyclic) bond motifs is 1. The normalized spacial score (nSPS) is 31.8. The molecule has 0 amide bonds. The van der Waals surface area contributed by atoms with E-state index in [-0.39, 0.29) is 11.8 Å². The number of nitrogens with zero attached hydrogens (tertiary/aromatic N) is 1. The van der Waals surface area contributed by atoms with E-state index in [0.717, 1.165) is 11.6 Å². The Bertz CT molecular complexity index is 178. The molecule has 1 atom stereocenters. The molecule has 2 nitrogen and oxygen atoms in total. The molecule has 0 bridgehead atoms. The van der Waals surface area contributed by atoms with Crippen molar-refractivity contribution < 1.29 is 4.79 Å². The molecule has 2 heterocycles. The second-order valence-electron chi connectivity index (χ2n) is 2.25. The molecule has 0 saturated carbocycles. The first kappa shape index (κ1) is 5.35. The molecule has 0 spiro atoms. The van der Waals surface area contributed by atoms with E-state index in [9.17, 15) is 4.79 Å². The van der Waals surface area contributed by atoms with Crippen molar-refractivity contribution in [1.82, 2.24) is 4.90 Å². The number of hydrogen-bond acceptors (Lipinski definition) is 3. The first-order valence-electron chi connectivity index (χ1n) is 2.93. The average Bonchev–Trinajstić information content (AvgIpc) is 2.35. The molecular weight excluding hydrogens is 134 g/mol. The van der Waals surface area contributed by atoms with Crippen LogP contribution < -0.4 is 0 Å². The van der Waals surface area contributed by atoms with Crippen LogP contribution in [0.15, 0.2) is 12.3 Å². The number of hydrogen-bond donors (Lipinski definition) is 0. The van der Waals surface area contributed by atoms with Gasteiger partial charge in [0, 0.05) is 12.0 Å². The van der Waals surface area contributed by atoms with Crippen LogP contribution in [0.25, 0.3) is 0 Å². The van der Waals surface area contributed by atoms with Gasteiger partial charge in [0.25, 0.3) is 0 Å². The van der Waals surface area contributed by atoms with Gasteiger partial charge in [0.15, 0.2) is 5.78 Å². The Morgan fingerprint density at radius 1 is 1.78 bits per heavy atom. The molecule has 2 aliphatic rings. The maximum Gasteiger partial charge on any atom is 0.180 e. The Kier molecular flexibility index (Phi) is 1.05. The minimum Gasteiger partial charge on any atom is -0.357 e. The van der Waals surface area contributed by atoms with Crippen LogP contribution in [0.4, 0.5) is 0 Å². The summed E-state index contributed by atoms with van der Waals surface area (Å²) in [7, 11) is 0. The van der Waals surface area contributed by atoms with E-state index in [4.69, 9.17) is 0 Å². The zero-order chi connectivity index (χ0) is 6.27. The first-order valence-corrected chi connectivity index (χ1v) is 4.09. The minimum atomic E-state index is 0.190. The van der Waals surface area contributed by atoms with E-state index >= 15 is 0 Å². The third kappa shape index (κ3) is 0.678. The van der Waals surface area contributed by atoms with Crippen molar-refractivity contribution in [3.63, 3.8) is 0 Å². The minimum absolute atomic E-state index is 0.190. The Morgan fingerprint density at radius 3 is 3.44 bits per heavy atom. The number of carbonyl (C=O) groups excluding carboxylic acids is 1. The van der Waals surface area contributed by atoms with Gasteiger partial charge in [0.2, 0.25) is 0 Å². The number of carbonyl (C=O) groups is 1. The van der Waals surface area contributed by atoms with Gasteiger partial charge < -0.3 is 4.90 Å². The SMILES string of the molecule is O=C1C=CN2CSC[C@H]12. The van der Waals surface area contributed by atoms with Crippen LogP contribution in [0.2, 0.25) is 0 Å². The molecule has 0 aromatic heterocycles. The lowest BCUT2D eigenvalue weighted by Gasteiger charge is -2.11. The highest BCUT2D eigenvalue weighted by molar-refractivity contribution is 7.99.